The Morgan fingerprint density at radius 1 is 1.80 bits per heavy atom. The van der Waals surface area contributed by atoms with Crippen molar-refractivity contribution in [2.45, 2.75) is 5.16 Å². The highest BCUT2D eigenvalue weighted by atomic mass is 32.2. The van der Waals surface area contributed by atoms with Gasteiger partial charge in [0.2, 0.25) is 0 Å². The third-order valence-electron chi connectivity index (χ3n) is 1.59. The first-order valence-corrected chi connectivity index (χ1v) is 5.40. The van der Waals surface area contributed by atoms with Crippen LogP contribution < -0.4 is 5.32 Å². The highest BCUT2D eigenvalue weighted by Crippen LogP contribution is 2.16. The van der Waals surface area contributed by atoms with Gasteiger partial charge in [0.1, 0.15) is 11.4 Å². The maximum absolute atomic E-state index is 10.8. The molecular formula is C9H11N3O2S. The molecule has 6 heteroatoms. The molecule has 1 aromatic heterocycles. The molecule has 0 bridgehead atoms. The van der Waals surface area contributed by atoms with Crippen LogP contribution in [0.15, 0.2) is 24.0 Å². The highest BCUT2D eigenvalue weighted by Gasteiger charge is 2.12. The molecule has 0 radical (unpaired) electrons. The van der Waals surface area contributed by atoms with Crippen LogP contribution in [0.25, 0.3) is 0 Å². The quantitative estimate of drug-likeness (QED) is 0.449. The van der Waals surface area contributed by atoms with Gasteiger partial charge in [-0.05, 0) is 6.26 Å². The molecule has 80 valence electrons. The van der Waals surface area contributed by atoms with Crippen molar-refractivity contribution in [2.24, 2.45) is 0 Å². The first-order valence-electron chi connectivity index (χ1n) is 4.18. The summed E-state index contributed by atoms with van der Waals surface area (Å²) in [5.41, 5.74) is 0.0645. The Morgan fingerprint density at radius 2 is 2.53 bits per heavy atom. The lowest BCUT2D eigenvalue weighted by molar-refractivity contribution is 0.0697. The van der Waals surface area contributed by atoms with Gasteiger partial charge >= 0.3 is 5.97 Å². The lowest BCUT2D eigenvalue weighted by atomic mass is 10.3. The molecule has 0 atom stereocenters. The average molecular weight is 225 g/mol. The van der Waals surface area contributed by atoms with Crippen LogP contribution >= 0.6 is 11.8 Å². The minimum Gasteiger partial charge on any atom is -0.477 e. The topological polar surface area (TPSA) is 75.1 Å². The molecule has 1 aromatic rings. The molecule has 0 amide bonds. The number of carbonyl (C=O) groups is 1. The summed E-state index contributed by atoms with van der Waals surface area (Å²) < 4.78 is 0. The third-order valence-corrected chi connectivity index (χ3v) is 2.16. The second-order valence-electron chi connectivity index (χ2n) is 2.59. The van der Waals surface area contributed by atoms with E-state index in [-0.39, 0.29) is 5.56 Å². The van der Waals surface area contributed by atoms with Crippen molar-refractivity contribution in [2.75, 3.05) is 18.1 Å². The first-order chi connectivity index (χ1) is 7.19. The second-order valence-corrected chi connectivity index (χ2v) is 3.37. The molecule has 0 aliphatic heterocycles. The molecule has 2 N–H and O–H groups in total. The van der Waals surface area contributed by atoms with E-state index in [4.69, 9.17) is 5.11 Å². The van der Waals surface area contributed by atoms with Crippen LogP contribution in [0.3, 0.4) is 0 Å². The minimum absolute atomic E-state index is 0.0645. The van der Waals surface area contributed by atoms with Crippen molar-refractivity contribution in [1.29, 1.82) is 0 Å². The van der Waals surface area contributed by atoms with E-state index >= 15 is 0 Å². The van der Waals surface area contributed by atoms with E-state index < -0.39 is 5.97 Å². The fourth-order valence-electron chi connectivity index (χ4n) is 0.924. The Kier molecular flexibility index (Phi) is 4.11. The number of hydrogen-bond acceptors (Lipinski definition) is 5. The number of carboxylic acids is 1. The van der Waals surface area contributed by atoms with Gasteiger partial charge < -0.3 is 10.4 Å². The molecule has 0 aliphatic carbocycles. The van der Waals surface area contributed by atoms with Crippen molar-refractivity contribution in [3.63, 3.8) is 0 Å². The molecule has 0 fully saturated rings. The van der Waals surface area contributed by atoms with Gasteiger partial charge in [0.25, 0.3) is 0 Å². The molecule has 0 saturated carbocycles. The maximum Gasteiger partial charge on any atom is 0.341 e. The number of anilines is 1. The van der Waals surface area contributed by atoms with Gasteiger partial charge in [0, 0.05) is 12.7 Å². The molecule has 0 aromatic carbocycles. The van der Waals surface area contributed by atoms with Crippen LogP contribution in [0.1, 0.15) is 10.4 Å². The van der Waals surface area contributed by atoms with Crippen molar-refractivity contribution in [3.05, 3.63) is 24.4 Å². The number of rotatable bonds is 5. The summed E-state index contributed by atoms with van der Waals surface area (Å²) >= 11 is 1.36. The lowest BCUT2D eigenvalue weighted by Gasteiger charge is -2.06. The molecule has 1 heterocycles. The maximum atomic E-state index is 10.8. The van der Waals surface area contributed by atoms with Gasteiger partial charge in [-0.15, -0.1) is 6.58 Å². The van der Waals surface area contributed by atoms with Gasteiger partial charge in [-0.3, -0.25) is 0 Å². The second kappa shape index (κ2) is 5.35. The van der Waals surface area contributed by atoms with E-state index in [2.05, 4.69) is 21.9 Å². The fourth-order valence-corrected chi connectivity index (χ4v) is 1.26. The Labute approximate surface area is 91.6 Å². The smallest absolute Gasteiger partial charge is 0.341 e. The number of hydrogen-bond donors (Lipinski definition) is 2. The molecule has 5 nitrogen and oxygen atoms in total. The summed E-state index contributed by atoms with van der Waals surface area (Å²) in [5, 5.41) is 12.3. The summed E-state index contributed by atoms with van der Waals surface area (Å²) in [5.74, 6) is -0.726. The Balaban J connectivity index is 3.04. The number of thioether (sulfide) groups is 1. The van der Waals surface area contributed by atoms with Crippen LogP contribution in [0.2, 0.25) is 0 Å². The minimum atomic E-state index is -1.05. The van der Waals surface area contributed by atoms with Crippen molar-refractivity contribution >= 4 is 23.5 Å². The average Bonchev–Trinajstić information content (AvgIpc) is 2.25. The summed E-state index contributed by atoms with van der Waals surface area (Å²) in [4.78, 5) is 18.8. The molecule has 0 saturated heterocycles. The number of aromatic nitrogens is 2. The van der Waals surface area contributed by atoms with Gasteiger partial charge in [0.15, 0.2) is 5.16 Å². The third kappa shape index (κ3) is 2.95. The highest BCUT2D eigenvalue weighted by molar-refractivity contribution is 7.98. The summed E-state index contributed by atoms with van der Waals surface area (Å²) in [6.07, 6.45) is 4.76. The van der Waals surface area contributed by atoms with Gasteiger partial charge in [-0.25, -0.2) is 14.8 Å². The summed E-state index contributed by atoms with van der Waals surface area (Å²) in [6.45, 7) is 4.00. The van der Waals surface area contributed by atoms with Crippen LogP contribution in [-0.4, -0.2) is 33.8 Å². The van der Waals surface area contributed by atoms with Crippen LogP contribution in [0.5, 0.6) is 0 Å². The number of carboxylic acid groups (broad SMARTS) is 1. The van der Waals surface area contributed by atoms with Gasteiger partial charge in [-0.2, -0.15) is 0 Å². The van der Waals surface area contributed by atoms with Crippen LogP contribution in [0.4, 0.5) is 5.82 Å². The zero-order valence-corrected chi connectivity index (χ0v) is 9.04. The standard InChI is InChI=1S/C9H11N3O2S/c1-3-4-10-7-6(8(13)14)5-11-9(12-7)15-2/h3,5H,1,4H2,2H3,(H,13,14)(H,10,11,12). The number of nitrogens with one attached hydrogen (secondary N) is 1. The number of nitrogens with zero attached hydrogens (tertiary/aromatic N) is 2. The van der Waals surface area contributed by atoms with E-state index in [1.54, 1.807) is 6.08 Å². The lowest BCUT2D eigenvalue weighted by Crippen LogP contribution is -2.09. The number of aromatic carboxylic acids is 1. The Hall–Kier alpha value is -1.56. The predicted octanol–water partition coefficient (Wildman–Crippen LogP) is 1.49. The molecule has 0 spiro atoms. The summed E-state index contributed by atoms with van der Waals surface area (Å²) in [7, 11) is 0. The van der Waals surface area contributed by atoms with Crippen molar-refractivity contribution in [3.8, 4) is 0 Å². The first kappa shape index (κ1) is 11.5. The van der Waals surface area contributed by atoms with Crippen molar-refractivity contribution < 1.29 is 9.90 Å². The van der Waals surface area contributed by atoms with Crippen LogP contribution in [0, 0.1) is 0 Å². The van der Waals surface area contributed by atoms with Gasteiger partial charge in [-0.1, -0.05) is 17.8 Å². The Bertz CT molecular complexity index is 382. The monoisotopic (exact) mass is 225 g/mol. The van der Waals surface area contributed by atoms with E-state index in [1.165, 1.54) is 18.0 Å². The molecular weight excluding hydrogens is 214 g/mol. The fraction of sp³-hybridized carbons (Fsp3) is 0.222. The largest absolute Gasteiger partial charge is 0.477 e. The zero-order valence-electron chi connectivity index (χ0n) is 8.23. The zero-order chi connectivity index (χ0) is 11.3. The molecule has 0 aliphatic rings. The van der Waals surface area contributed by atoms with Crippen LogP contribution in [-0.2, 0) is 0 Å². The summed E-state index contributed by atoms with van der Waals surface area (Å²) in [6, 6.07) is 0. The van der Waals surface area contributed by atoms with Gasteiger partial charge in [0.05, 0.1) is 0 Å². The molecule has 1 rings (SSSR count). The SMILES string of the molecule is C=CCNc1nc(SC)ncc1C(=O)O. The van der Waals surface area contributed by atoms with E-state index in [1.807, 2.05) is 6.26 Å². The van der Waals surface area contributed by atoms with Crippen molar-refractivity contribution in [1.82, 2.24) is 9.97 Å². The molecule has 0 unspecified atom stereocenters. The van der Waals surface area contributed by atoms with E-state index in [9.17, 15) is 4.79 Å². The van der Waals surface area contributed by atoms with E-state index in [0.717, 1.165) is 0 Å². The Morgan fingerprint density at radius 3 is 3.07 bits per heavy atom. The normalized spacial score (nSPS) is 9.67. The van der Waals surface area contributed by atoms with E-state index in [0.29, 0.717) is 17.5 Å². The predicted molar refractivity (Wildman–Crippen MR) is 59.5 cm³/mol. The molecule has 15 heavy (non-hydrogen) atoms.